The highest BCUT2D eigenvalue weighted by atomic mass is 32.1. The fraction of sp³-hybridized carbons (Fsp3) is 0.643. The third-order valence-electron chi connectivity index (χ3n) is 3.36. The maximum Gasteiger partial charge on any atom is 0.255 e. The standard InChI is InChI=1S/C14H22N2O2S/c1-11-8-19-9-12(11)13(17)16-6-4-15(5-7-16)10-14(2,3)18/h8-9,18H,4-7,10H2,1-3H3. The van der Waals surface area contributed by atoms with E-state index in [2.05, 4.69) is 4.90 Å². The Balaban J connectivity index is 1.90. The summed E-state index contributed by atoms with van der Waals surface area (Å²) >= 11 is 1.58. The van der Waals surface area contributed by atoms with E-state index in [1.54, 1.807) is 11.3 Å². The van der Waals surface area contributed by atoms with E-state index in [1.807, 2.05) is 36.4 Å². The van der Waals surface area contributed by atoms with Gasteiger partial charge in [-0.2, -0.15) is 11.3 Å². The number of rotatable bonds is 3. The van der Waals surface area contributed by atoms with Gasteiger partial charge in [-0.05, 0) is 31.7 Å². The highest BCUT2D eigenvalue weighted by Gasteiger charge is 2.26. The average molecular weight is 282 g/mol. The summed E-state index contributed by atoms with van der Waals surface area (Å²) < 4.78 is 0. The molecule has 0 aliphatic carbocycles. The molecule has 106 valence electrons. The largest absolute Gasteiger partial charge is 0.389 e. The molecule has 0 spiro atoms. The molecule has 0 unspecified atom stereocenters. The highest BCUT2D eigenvalue weighted by molar-refractivity contribution is 7.08. The van der Waals surface area contributed by atoms with E-state index in [9.17, 15) is 9.90 Å². The van der Waals surface area contributed by atoms with Gasteiger partial charge in [0.1, 0.15) is 0 Å². The van der Waals surface area contributed by atoms with Gasteiger partial charge in [0, 0.05) is 38.1 Å². The molecular formula is C14H22N2O2S. The zero-order chi connectivity index (χ0) is 14.0. The SMILES string of the molecule is Cc1cscc1C(=O)N1CCN(CC(C)(C)O)CC1. The van der Waals surface area contributed by atoms with E-state index in [-0.39, 0.29) is 5.91 Å². The van der Waals surface area contributed by atoms with Crippen molar-refractivity contribution in [3.8, 4) is 0 Å². The number of piperazine rings is 1. The first-order chi connectivity index (χ1) is 8.87. The van der Waals surface area contributed by atoms with Crippen molar-refractivity contribution in [1.82, 2.24) is 9.80 Å². The van der Waals surface area contributed by atoms with Gasteiger partial charge in [-0.25, -0.2) is 0 Å². The molecule has 1 aromatic heterocycles. The van der Waals surface area contributed by atoms with Crippen LogP contribution >= 0.6 is 11.3 Å². The number of aliphatic hydroxyl groups is 1. The summed E-state index contributed by atoms with van der Waals surface area (Å²) in [6.45, 7) is 9.42. The molecule has 2 rings (SSSR count). The van der Waals surface area contributed by atoms with E-state index in [0.717, 1.165) is 37.3 Å². The molecule has 2 heterocycles. The van der Waals surface area contributed by atoms with Crippen molar-refractivity contribution in [3.05, 3.63) is 21.9 Å². The van der Waals surface area contributed by atoms with Crippen molar-refractivity contribution < 1.29 is 9.90 Å². The molecule has 1 saturated heterocycles. The Bertz CT molecular complexity index is 443. The van der Waals surface area contributed by atoms with Crippen molar-refractivity contribution in [3.63, 3.8) is 0 Å². The lowest BCUT2D eigenvalue weighted by Gasteiger charge is -2.37. The molecule has 1 amide bonds. The minimum atomic E-state index is -0.671. The number of carbonyl (C=O) groups excluding carboxylic acids is 1. The van der Waals surface area contributed by atoms with Gasteiger partial charge in [-0.3, -0.25) is 9.69 Å². The Labute approximate surface area is 118 Å². The predicted molar refractivity (Wildman–Crippen MR) is 77.7 cm³/mol. The molecule has 4 nitrogen and oxygen atoms in total. The lowest BCUT2D eigenvalue weighted by molar-refractivity contribution is 0.0178. The summed E-state index contributed by atoms with van der Waals surface area (Å²) in [4.78, 5) is 16.5. The predicted octanol–water partition coefficient (Wildman–Crippen LogP) is 1.59. The van der Waals surface area contributed by atoms with Crippen LogP contribution in [-0.4, -0.2) is 59.1 Å². The number of carbonyl (C=O) groups is 1. The first-order valence-electron chi connectivity index (χ1n) is 6.63. The second-order valence-corrected chi connectivity index (χ2v) is 6.59. The summed E-state index contributed by atoms with van der Waals surface area (Å²) in [5.74, 6) is 0.140. The van der Waals surface area contributed by atoms with Gasteiger partial charge in [-0.15, -0.1) is 0 Å². The van der Waals surface area contributed by atoms with Gasteiger partial charge < -0.3 is 10.0 Å². The number of thiophene rings is 1. The lowest BCUT2D eigenvalue weighted by Crippen LogP contribution is -2.52. The molecule has 5 heteroatoms. The molecule has 1 N–H and O–H groups in total. The van der Waals surface area contributed by atoms with Gasteiger partial charge in [-0.1, -0.05) is 0 Å². The van der Waals surface area contributed by atoms with Crippen LogP contribution < -0.4 is 0 Å². The second-order valence-electron chi connectivity index (χ2n) is 5.85. The quantitative estimate of drug-likeness (QED) is 0.915. The van der Waals surface area contributed by atoms with Gasteiger partial charge in [0.25, 0.3) is 5.91 Å². The van der Waals surface area contributed by atoms with Gasteiger partial charge in [0.15, 0.2) is 0 Å². The summed E-state index contributed by atoms with van der Waals surface area (Å²) in [6.07, 6.45) is 0. The Morgan fingerprint density at radius 2 is 1.95 bits per heavy atom. The van der Waals surface area contributed by atoms with Crippen molar-refractivity contribution in [2.45, 2.75) is 26.4 Å². The maximum atomic E-state index is 12.3. The molecule has 0 atom stereocenters. The van der Waals surface area contributed by atoms with Crippen LogP contribution in [0.25, 0.3) is 0 Å². The van der Waals surface area contributed by atoms with E-state index >= 15 is 0 Å². The summed E-state index contributed by atoms with van der Waals surface area (Å²) in [6, 6.07) is 0. The highest BCUT2D eigenvalue weighted by Crippen LogP contribution is 2.17. The van der Waals surface area contributed by atoms with Crippen LogP contribution in [0.3, 0.4) is 0 Å². The Morgan fingerprint density at radius 1 is 1.32 bits per heavy atom. The van der Waals surface area contributed by atoms with Crippen LogP contribution in [-0.2, 0) is 0 Å². The minimum absolute atomic E-state index is 0.140. The zero-order valence-corrected chi connectivity index (χ0v) is 12.7. The Hall–Kier alpha value is -0.910. The maximum absolute atomic E-state index is 12.3. The monoisotopic (exact) mass is 282 g/mol. The fourth-order valence-electron chi connectivity index (χ4n) is 2.41. The van der Waals surface area contributed by atoms with Gasteiger partial charge in [0.05, 0.1) is 11.2 Å². The number of nitrogens with zero attached hydrogens (tertiary/aromatic N) is 2. The fourth-order valence-corrected chi connectivity index (χ4v) is 3.23. The minimum Gasteiger partial charge on any atom is -0.389 e. The van der Waals surface area contributed by atoms with Crippen molar-refractivity contribution in [2.75, 3.05) is 32.7 Å². The smallest absolute Gasteiger partial charge is 0.255 e. The summed E-state index contributed by atoms with van der Waals surface area (Å²) in [7, 11) is 0. The third kappa shape index (κ3) is 3.78. The molecule has 0 bridgehead atoms. The first-order valence-corrected chi connectivity index (χ1v) is 7.58. The van der Waals surface area contributed by atoms with Crippen LogP contribution in [0, 0.1) is 6.92 Å². The average Bonchev–Trinajstić information content (AvgIpc) is 2.73. The molecule has 1 aliphatic rings. The van der Waals surface area contributed by atoms with Gasteiger partial charge >= 0.3 is 0 Å². The summed E-state index contributed by atoms with van der Waals surface area (Å²) in [5.41, 5.74) is 1.23. The van der Waals surface area contributed by atoms with Crippen LogP contribution in [0.4, 0.5) is 0 Å². The number of hydrogen-bond donors (Lipinski definition) is 1. The molecular weight excluding hydrogens is 260 g/mol. The second kappa shape index (κ2) is 5.61. The molecule has 1 fully saturated rings. The number of aryl methyl sites for hydroxylation is 1. The first kappa shape index (κ1) is 14.5. The molecule has 0 saturated carbocycles. The number of β-amino-alcohol motifs (C(OH)–C–C–N with tert-alkyl or cyclic N) is 1. The van der Waals surface area contributed by atoms with Crippen LogP contribution in [0.1, 0.15) is 29.8 Å². The van der Waals surface area contributed by atoms with E-state index in [1.165, 1.54) is 0 Å². The lowest BCUT2D eigenvalue weighted by atomic mass is 10.1. The zero-order valence-electron chi connectivity index (χ0n) is 11.8. The molecule has 0 aromatic carbocycles. The van der Waals surface area contributed by atoms with E-state index in [4.69, 9.17) is 0 Å². The number of amides is 1. The van der Waals surface area contributed by atoms with Crippen LogP contribution in [0.2, 0.25) is 0 Å². The Morgan fingerprint density at radius 3 is 2.42 bits per heavy atom. The third-order valence-corrected chi connectivity index (χ3v) is 4.22. The normalized spacial score (nSPS) is 17.8. The van der Waals surface area contributed by atoms with E-state index < -0.39 is 5.60 Å². The van der Waals surface area contributed by atoms with Crippen LogP contribution in [0.15, 0.2) is 10.8 Å². The molecule has 1 aromatic rings. The molecule has 1 aliphatic heterocycles. The number of hydrogen-bond acceptors (Lipinski definition) is 4. The van der Waals surface area contributed by atoms with Gasteiger partial charge in [0.2, 0.25) is 0 Å². The van der Waals surface area contributed by atoms with Crippen LogP contribution in [0.5, 0.6) is 0 Å². The van der Waals surface area contributed by atoms with Crippen molar-refractivity contribution in [1.29, 1.82) is 0 Å². The topological polar surface area (TPSA) is 43.8 Å². The van der Waals surface area contributed by atoms with Crippen molar-refractivity contribution in [2.24, 2.45) is 0 Å². The molecule has 0 radical (unpaired) electrons. The van der Waals surface area contributed by atoms with Crippen molar-refractivity contribution >= 4 is 17.2 Å². The summed E-state index contributed by atoms with van der Waals surface area (Å²) in [5, 5.41) is 13.8. The van der Waals surface area contributed by atoms with E-state index in [0.29, 0.717) is 6.54 Å². The molecule has 19 heavy (non-hydrogen) atoms. The Kier molecular flexibility index (Phi) is 4.28.